The van der Waals surface area contributed by atoms with Crippen molar-refractivity contribution >= 4 is 12.0 Å². The minimum absolute atomic E-state index is 0.0249. The lowest BCUT2D eigenvalue weighted by Gasteiger charge is -2.33. The van der Waals surface area contributed by atoms with E-state index in [1.165, 1.54) is 0 Å². The van der Waals surface area contributed by atoms with E-state index in [1.54, 1.807) is 17.6 Å². The number of carboxylic acid groups (broad SMARTS) is 1. The summed E-state index contributed by atoms with van der Waals surface area (Å²) in [5, 5.41) is 19.5. The van der Waals surface area contributed by atoms with Crippen LogP contribution in [-0.2, 0) is 4.79 Å². The largest absolute Gasteiger partial charge is 0.481 e. The molecule has 1 saturated heterocycles. The molecule has 1 atom stereocenters. The number of likely N-dealkylation sites (tertiary alicyclic amines) is 1. The maximum atomic E-state index is 12.3. The monoisotopic (exact) mass is 323 g/mol. The molecule has 128 valence electrons. The second kappa shape index (κ2) is 8.50. The van der Waals surface area contributed by atoms with Crippen molar-refractivity contribution in [2.45, 2.75) is 57.5 Å². The van der Waals surface area contributed by atoms with Gasteiger partial charge in [0.25, 0.3) is 0 Å². The second-order valence-corrected chi connectivity index (χ2v) is 6.01. The van der Waals surface area contributed by atoms with Crippen molar-refractivity contribution in [1.82, 2.24) is 25.0 Å². The lowest BCUT2D eigenvalue weighted by Crippen LogP contribution is -2.48. The third-order valence-electron chi connectivity index (χ3n) is 4.26. The van der Waals surface area contributed by atoms with Crippen LogP contribution in [0.25, 0.3) is 0 Å². The van der Waals surface area contributed by atoms with Gasteiger partial charge in [0.1, 0.15) is 12.7 Å². The van der Waals surface area contributed by atoms with E-state index in [4.69, 9.17) is 5.11 Å². The third kappa shape index (κ3) is 5.22. The molecular formula is C15H25N5O3. The Kier molecular flexibility index (Phi) is 6.37. The molecule has 2 heterocycles. The Morgan fingerprint density at radius 3 is 2.52 bits per heavy atom. The molecular weight excluding hydrogens is 298 g/mol. The molecule has 0 aromatic carbocycles. The van der Waals surface area contributed by atoms with Gasteiger partial charge in [-0.1, -0.05) is 19.8 Å². The molecule has 0 spiro atoms. The molecule has 0 radical (unpaired) electrons. The van der Waals surface area contributed by atoms with Crippen LogP contribution in [0.5, 0.6) is 0 Å². The topological polar surface area (TPSA) is 100 Å². The predicted octanol–water partition coefficient (Wildman–Crippen LogP) is 1.66. The van der Waals surface area contributed by atoms with Crippen molar-refractivity contribution in [1.29, 1.82) is 0 Å². The Hall–Kier alpha value is -2.12. The van der Waals surface area contributed by atoms with Gasteiger partial charge in [0.15, 0.2) is 0 Å². The lowest BCUT2D eigenvalue weighted by atomic mass is 10.0. The summed E-state index contributed by atoms with van der Waals surface area (Å²) in [6, 6.07) is -0.131. The van der Waals surface area contributed by atoms with E-state index in [0.717, 1.165) is 25.7 Å². The van der Waals surface area contributed by atoms with Crippen molar-refractivity contribution < 1.29 is 14.7 Å². The molecule has 0 aliphatic carbocycles. The van der Waals surface area contributed by atoms with Crippen LogP contribution in [-0.4, -0.2) is 55.9 Å². The first-order valence-electron chi connectivity index (χ1n) is 8.21. The van der Waals surface area contributed by atoms with Gasteiger partial charge >= 0.3 is 12.0 Å². The molecule has 2 rings (SSSR count). The molecule has 0 saturated carbocycles. The highest BCUT2D eigenvalue weighted by atomic mass is 16.4. The number of aliphatic carboxylic acids is 1. The number of carbonyl (C=O) groups excluding carboxylic acids is 1. The first-order chi connectivity index (χ1) is 11.1. The zero-order valence-corrected chi connectivity index (χ0v) is 13.5. The Balaban J connectivity index is 1.81. The molecule has 0 bridgehead atoms. The number of hydrogen-bond donors (Lipinski definition) is 2. The number of carbonyl (C=O) groups is 2. The number of piperidine rings is 1. The fraction of sp³-hybridized carbons (Fsp3) is 0.733. The minimum Gasteiger partial charge on any atom is -0.481 e. The Bertz CT molecular complexity index is 497. The number of urea groups is 1. The normalized spacial score (nSPS) is 17.0. The Morgan fingerprint density at radius 2 is 1.96 bits per heavy atom. The number of nitrogens with zero attached hydrogens (tertiary/aromatic N) is 4. The van der Waals surface area contributed by atoms with Crippen LogP contribution < -0.4 is 5.32 Å². The number of amides is 2. The van der Waals surface area contributed by atoms with Crippen molar-refractivity contribution in [2.24, 2.45) is 0 Å². The average Bonchev–Trinajstić information content (AvgIpc) is 3.06. The molecule has 1 aliphatic rings. The highest BCUT2D eigenvalue weighted by molar-refractivity contribution is 5.76. The minimum atomic E-state index is -0.877. The van der Waals surface area contributed by atoms with Crippen LogP contribution in [0.2, 0.25) is 0 Å². The van der Waals surface area contributed by atoms with E-state index in [-0.39, 0.29) is 18.5 Å². The van der Waals surface area contributed by atoms with Gasteiger partial charge in [-0.25, -0.2) is 4.79 Å². The fourth-order valence-electron chi connectivity index (χ4n) is 2.92. The molecule has 8 nitrogen and oxygen atoms in total. The van der Waals surface area contributed by atoms with Crippen LogP contribution in [0, 0.1) is 0 Å². The molecule has 1 aliphatic heterocycles. The van der Waals surface area contributed by atoms with Gasteiger partial charge in [0, 0.05) is 25.2 Å². The number of hydrogen-bond acceptors (Lipinski definition) is 4. The summed E-state index contributed by atoms with van der Waals surface area (Å²) in [4.78, 5) is 25.0. The molecule has 23 heavy (non-hydrogen) atoms. The number of aromatic nitrogens is 3. The Morgan fingerprint density at radius 1 is 1.30 bits per heavy atom. The van der Waals surface area contributed by atoms with Gasteiger partial charge in [-0.05, 0) is 19.3 Å². The molecule has 2 N–H and O–H groups in total. The maximum absolute atomic E-state index is 12.3. The quantitative estimate of drug-likeness (QED) is 0.795. The average molecular weight is 323 g/mol. The standard InChI is InChI=1S/C15H25N5O3/c1-2-3-4-12(9-14(21)22)18-15(23)19-7-5-13(6-8-19)20-10-16-17-11-20/h10-13H,2-9H2,1H3,(H,18,23)(H,21,22)/t12-/m0/s1. The van der Waals surface area contributed by atoms with Gasteiger partial charge in [0.05, 0.1) is 6.42 Å². The first kappa shape index (κ1) is 17.2. The van der Waals surface area contributed by atoms with E-state index in [2.05, 4.69) is 22.4 Å². The highest BCUT2D eigenvalue weighted by Crippen LogP contribution is 2.21. The van der Waals surface area contributed by atoms with Gasteiger partial charge in [-0.3, -0.25) is 4.79 Å². The van der Waals surface area contributed by atoms with Crippen molar-refractivity contribution in [2.75, 3.05) is 13.1 Å². The zero-order valence-electron chi connectivity index (χ0n) is 13.5. The highest BCUT2D eigenvalue weighted by Gasteiger charge is 2.25. The SMILES string of the molecule is CCCC[C@@H](CC(=O)O)NC(=O)N1CCC(n2cnnc2)CC1. The van der Waals surface area contributed by atoms with E-state index in [0.29, 0.717) is 25.6 Å². The Labute approximate surface area is 135 Å². The molecule has 8 heteroatoms. The number of rotatable bonds is 7. The van der Waals surface area contributed by atoms with Crippen LogP contribution in [0.1, 0.15) is 51.5 Å². The lowest BCUT2D eigenvalue weighted by molar-refractivity contribution is -0.137. The third-order valence-corrected chi connectivity index (χ3v) is 4.26. The van der Waals surface area contributed by atoms with Gasteiger partial charge < -0.3 is 19.9 Å². The first-order valence-corrected chi connectivity index (χ1v) is 8.21. The van der Waals surface area contributed by atoms with Crippen molar-refractivity contribution in [3.63, 3.8) is 0 Å². The summed E-state index contributed by atoms with van der Waals surface area (Å²) < 4.78 is 1.98. The van der Waals surface area contributed by atoms with Crippen molar-refractivity contribution in [3.05, 3.63) is 12.7 Å². The van der Waals surface area contributed by atoms with Gasteiger partial charge in [0.2, 0.25) is 0 Å². The van der Waals surface area contributed by atoms with Crippen LogP contribution >= 0.6 is 0 Å². The second-order valence-electron chi connectivity index (χ2n) is 6.01. The molecule has 1 fully saturated rings. The predicted molar refractivity (Wildman–Crippen MR) is 84.0 cm³/mol. The number of carboxylic acids is 1. The number of nitrogens with one attached hydrogen (secondary N) is 1. The summed E-state index contributed by atoms with van der Waals surface area (Å²) >= 11 is 0. The van der Waals surface area contributed by atoms with Crippen LogP contribution in [0.3, 0.4) is 0 Å². The summed E-state index contributed by atoms with van der Waals surface area (Å²) in [5.74, 6) is -0.877. The van der Waals surface area contributed by atoms with Crippen LogP contribution in [0.4, 0.5) is 4.79 Å². The van der Waals surface area contributed by atoms with Gasteiger partial charge in [-0.15, -0.1) is 10.2 Å². The van der Waals surface area contributed by atoms with Crippen molar-refractivity contribution in [3.8, 4) is 0 Å². The summed E-state index contributed by atoms with van der Waals surface area (Å²) in [6.07, 6.45) is 7.68. The summed E-state index contributed by atoms with van der Waals surface area (Å²) in [7, 11) is 0. The smallest absolute Gasteiger partial charge is 0.317 e. The number of unbranched alkanes of at least 4 members (excludes halogenated alkanes) is 1. The molecule has 0 unspecified atom stereocenters. The molecule has 2 amide bonds. The fourth-order valence-corrected chi connectivity index (χ4v) is 2.92. The van der Waals surface area contributed by atoms with E-state index >= 15 is 0 Å². The van der Waals surface area contributed by atoms with E-state index in [1.807, 2.05) is 4.57 Å². The summed E-state index contributed by atoms with van der Waals surface area (Å²) in [5.41, 5.74) is 0. The van der Waals surface area contributed by atoms with Crippen LogP contribution in [0.15, 0.2) is 12.7 Å². The molecule has 1 aromatic heterocycles. The van der Waals surface area contributed by atoms with Gasteiger partial charge in [-0.2, -0.15) is 0 Å². The van der Waals surface area contributed by atoms with E-state index in [9.17, 15) is 9.59 Å². The summed E-state index contributed by atoms with van der Waals surface area (Å²) in [6.45, 7) is 3.36. The maximum Gasteiger partial charge on any atom is 0.317 e. The zero-order chi connectivity index (χ0) is 16.7. The van der Waals surface area contributed by atoms with E-state index < -0.39 is 5.97 Å². The molecule has 1 aromatic rings.